The molecular formula is C20H22N4O3. The first-order chi connectivity index (χ1) is 13.3. The summed E-state index contributed by atoms with van der Waals surface area (Å²) in [6.07, 6.45) is 1.57. The van der Waals surface area contributed by atoms with Crippen molar-refractivity contribution in [3.8, 4) is 22.8 Å². The maximum absolute atomic E-state index is 9.47. The molecule has 0 aliphatic rings. The van der Waals surface area contributed by atoms with Crippen molar-refractivity contribution >= 4 is 5.95 Å². The number of nitrogens with zero attached hydrogens (tertiary/aromatic N) is 4. The third-order valence-electron chi connectivity index (χ3n) is 4.10. The molecule has 0 atom stereocenters. The van der Waals surface area contributed by atoms with Crippen LogP contribution in [-0.2, 0) is 6.54 Å². The first-order valence-electron chi connectivity index (χ1n) is 8.57. The number of aromatic nitrogens is 3. The molecular weight excluding hydrogens is 344 g/mol. The van der Waals surface area contributed by atoms with Crippen molar-refractivity contribution in [1.29, 1.82) is 0 Å². The van der Waals surface area contributed by atoms with Crippen LogP contribution < -0.4 is 14.4 Å². The van der Waals surface area contributed by atoms with Crippen LogP contribution in [0, 0.1) is 0 Å². The predicted octanol–water partition coefficient (Wildman–Crippen LogP) is 2.55. The van der Waals surface area contributed by atoms with Gasteiger partial charge in [0.15, 0.2) is 0 Å². The number of rotatable bonds is 8. The Labute approximate surface area is 158 Å². The van der Waals surface area contributed by atoms with E-state index >= 15 is 0 Å². The number of hydrogen-bond donors (Lipinski definition) is 1. The Kier molecular flexibility index (Phi) is 6.17. The highest BCUT2D eigenvalue weighted by atomic mass is 16.5. The van der Waals surface area contributed by atoms with Crippen LogP contribution in [-0.4, -0.2) is 47.7 Å². The van der Waals surface area contributed by atoms with Gasteiger partial charge in [0.2, 0.25) is 5.95 Å². The van der Waals surface area contributed by atoms with Crippen molar-refractivity contribution in [3.63, 3.8) is 0 Å². The molecule has 0 unspecified atom stereocenters. The largest absolute Gasteiger partial charge is 0.496 e. The van der Waals surface area contributed by atoms with Crippen LogP contribution in [0.3, 0.4) is 0 Å². The van der Waals surface area contributed by atoms with Crippen LogP contribution in [0.15, 0.2) is 54.7 Å². The van der Waals surface area contributed by atoms with Gasteiger partial charge in [-0.1, -0.05) is 36.4 Å². The number of anilines is 1. The Morgan fingerprint density at radius 2 is 1.67 bits per heavy atom. The summed E-state index contributed by atoms with van der Waals surface area (Å²) in [6, 6.07) is 15.5. The van der Waals surface area contributed by atoms with Crippen molar-refractivity contribution in [2.75, 3.05) is 32.3 Å². The van der Waals surface area contributed by atoms with Crippen LogP contribution in [0.5, 0.6) is 11.5 Å². The van der Waals surface area contributed by atoms with Gasteiger partial charge >= 0.3 is 0 Å². The van der Waals surface area contributed by atoms with Crippen LogP contribution in [0.4, 0.5) is 5.95 Å². The minimum absolute atomic E-state index is 0.0155. The molecule has 0 bridgehead atoms. The fourth-order valence-corrected chi connectivity index (χ4v) is 2.83. The van der Waals surface area contributed by atoms with E-state index in [1.165, 1.54) is 0 Å². The highest BCUT2D eigenvalue weighted by Crippen LogP contribution is 2.37. The summed E-state index contributed by atoms with van der Waals surface area (Å²) < 4.78 is 10.9. The summed E-state index contributed by atoms with van der Waals surface area (Å²) in [7, 11) is 3.20. The van der Waals surface area contributed by atoms with E-state index in [1.807, 2.05) is 53.4 Å². The molecule has 0 spiro atoms. The third kappa shape index (κ3) is 4.32. The highest BCUT2D eigenvalue weighted by Gasteiger charge is 2.17. The zero-order chi connectivity index (χ0) is 19.1. The molecule has 7 heteroatoms. The first kappa shape index (κ1) is 18.6. The van der Waals surface area contributed by atoms with Gasteiger partial charge in [-0.05, 0) is 17.7 Å². The molecule has 7 nitrogen and oxygen atoms in total. The summed E-state index contributed by atoms with van der Waals surface area (Å²) in [4.78, 5) is 6.54. The number of benzene rings is 2. The second-order valence-electron chi connectivity index (χ2n) is 5.81. The van der Waals surface area contributed by atoms with Gasteiger partial charge in [0.05, 0.1) is 32.6 Å². The Hall–Kier alpha value is -3.19. The summed E-state index contributed by atoms with van der Waals surface area (Å²) in [5, 5.41) is 17.7. The van der Waals surface area contributed by atoms with Crippen molar-refractivity contribution in [2.45, 2.75) is 6.54 Å². The molecule has 1 N–H and O–H groups in total. The van der Waals surface area contributed by atoms with Crippen molar-refractivity contribution in [1.82, 2.24) is 15.2 Å². The van der Waals surface area contributed by atoms with E-state index in [0.29, 0.717) is 41.8 Å². The van der Waals surface area contributed by atoms with Gasteiger partial charge in [-0.3, -0.25) is 0 Å². The average molecular weight is 366 g/mol. The molecule has 140 valence electrons. The van der Waals surface area contributed by atoms with E-state index in [2.05, 4.69) is 15.2 Å². The van der Waals surface area contributed by atoms with Crippen LogP contribution in [0.2, 0.25) is 0 Å². The van der Waals surface area contributed by atoms with Gasteiger partial charge < -0.3 is 19.5 Å². The lowest BCUT2D eigenvalue weighted by atomic mass is 10.1. The number of methoxy groups -OCH3 is 2. The highest BCUT2D eigenvalue weighted by molar-refractivity contribution is 5.74. The monoisotopic (exact) mass is 366 g/mol. The van der Waals surface area contributed by atoms with Crippen LogP contribution in [0.25, 0.3) is 11.3 Å². The smallest absolute Gasteiger partial charge is 0.246 e. The molecule has 1 aromatic heterocycles. The number of hydrogen-bond acceptors (Lipinski definition) is 7. The topological polar surface area (TPSA) is 80.6 Å². The lowest BCUT2D eigenvalue weighted by molar-refractivity contribution is 0.300. The van der Waals surface area contributed by atoms with E-state index in [9.17, 15) is 5.11 Å². The van der Waals surface area contributed by atoms with Crippen LogP contribution >= 0.6 is 0 Å². The van der Waals surface area contributed by atoms with E-state index < -0.39 is 0 Å². The van der Waals surface area contributed by atoms with Gasteiger partial charge in [0, 0.05) is 13.1 Å². The van der Waals surface area contributed by atoms with Gasteiger partial charge in [-0.15, -0.1) is 5.10 Å². The molecule has 1 heterocycles. The van der Waals surface area contributed by atoms with Crippen molar-refractivity contribution < 1.29 is 14.6 Å². The molecule has 0 saturated heterocycles. The second-order valence-corrected chi connectivity index (χ2v) is 5.81. The van der Waals surface area contributed by atoms with E-state index in [1.54, 1.807) is 20.4 Å². The molecule has 0 fully saturated rings. The molecule has 3 aromatic rings. The Bertz CT molecular complexity index is 852. The maximum Gasteiger partial charge on any atom is 0.246 e. The minimum Gasteiger partial charge on any atom is -0.496 e. The predicted molar refractivity (Wildman–Crippen MR) is 103 cm³/mol. The zero-order valence-electron chi connectivity index (χ0n) is 15.4. The quantitative estimate of drug-likeness (QED) is 0.656. The van der Waals surface area contributed by atoms with Crippen molar-refractivity contribution in [2.24, 2.45) is 0 Å². The van der Waals surface area contributed by atoms with E-state index in [4.69, 9.17) is 9.47 Å². The fraction of sp³-hybridized carbons (Fsp3) is 0.250. The van der Waals surface area contributed by atoms with Gasteiger partial charge in [0.1, 0.15) is 17.2 Å². The van der Waals surface area contributed by atoms with Gasteiger partial charge in [-0.2, -0.15) is 5.10 Å². The number of aliphatic hydroxyl groups excluding tert-OH is 1. The molecule has 3 rings (SSSR count). The SMILES string of the molecule is COc1cccc(OC)c1-c1cnnc(N(CCO)Cc2ccccc2)n1. The summed E-state index contributed by atoms with van der Waals surface area (Å²) >= 11 is 0. The molecule has 2 aromatic carbocycles. The van der Waals surface area contributed by atoms with E-state index in [-0.39, 0.29) is 6.61 Å². The maximum atomic E-state index is 9.47. The first-order valence-corrected chi connectivity index (χ1v) is 8.57. The Balaban J connectivity index is 1.99. The molecule has 0 saturated carbocycles. The standard InChI is InChI=1S/C20H22N4O3/c1-26-17-9-6-10-18(27-2)19(17)16-13-21-23-20(22-16)24(11-12-25)14-15-7-4-3-5-8-15/h3-10,13,25H,11-12,14H2,1-2H3. The molecule has 0 amide bonds. The number of ether oxygens (including phenoxy) is 2. The molecule has 27 heavy (non-hydrogen) atoms. The van der Waals surface area contributed by atoms with E-state index in [0.717, 1.165) is 5.56 Å². The number of aliphatic hydroxyl groups is 1. The lowest BCUT2D eigenvalue weighted by Crippen LogP contribution is -2.28. The summed E-state index contributed by atoms with van der Waals surface area (Å²) in [5.74, 6) is 1.70. The van der Waals surface area contributed by atoms with Gasteiger partial charge in [-0.25, -0.2) is 4.98 Å². The Morgan fingerprint density at radius 3 is 2.30 bits per heavy atom. The van der Waals surface area contributed by atoms with Crippen LogP contribution in [0.1, 0.15) is 5.56 Å². The molecule has 0 aliphatic heterocycles. The normalized spacial score (nSPS) is 10.5. The average Bonchev–Trinajstić information content (AvgIpc) is 2.73. The summed E-state index contributed by atoms with van der Waals surface area (Å²) in [6.45, 7) is 0.942. The second kappa shape index (κ2) is 8.95. The fourth-order valence-electron chi connectivity index (χ4n) is 2.83. The third-order valence-corrected chi connectivity index (χ3v) is 4.10. The molecule has 0 aliphatic carbocycles. The Morgan fingerprint density at radius 1 is 0.963 bits per heavy atom. The van der Waals surface area contributed by atoms with Gasteiger partial charge in [0.25, 0.3) is 0 Å². The lowest BCUT2D eigenvalue weighted by Gasteiger charge is -2.22. The minimum atomic E-state index is -0.0155. The summed E-state index contributed by atoms with van der Waals surface area (Å²) in [5.41, 5.74) is 2.39. The zero-order valence-corrected chi connectivity index (χ0v) is 15.4. The van der Waals surface area contributed by atoms with Crippen molar-refractivity contribution in [3.05, 3.63) is 60.3 Å². The molecule has 0 radical (unpaired) electrons.